The number of aromatic nitrogens is 4. The second kappa shape index (κ2) is 2.36. The Bertz CT molecular complexity index is 632. The predicted octanol–water partition coefficient (Wildman–Crippen LogP) is 2.00. The lowest BCUT2D eigenvalue weighted by Gasteiger charge is -1.90. The molecule has 3 heterocycles. The molecule has 64 valence electrons. The summed E-state index contributed by atoms with van der Waals surface area (Å²) in [5, 5.41) is 8.87. The highest BCUT2D eigenvalue weighted by Gasteiger charge is 2.04. The van der Waals surface area contributed by atoms with Crippen LogP contribution in [0.4, 0.5) is 0 Å². The molecule has 0 radical (unpaired) electrons. The summed E-state index contributed by atoms with van der Waals surface area (Å²) in [6.45, 7) is 0. The minimum absolute atomic E-state index is 0.581. The largest absolute Gasteiger partial charge is 0.257 e. The predicted molar refractivity (Wildman–Crippen MR) is 53.6 cm³/mol. The lowest BCUT2D eigenvalue weighted by atomic mass is 10.5. The molecule has 0 fully saturated rings. The van der Waals surface area contributed by atoms with Crippen molar-refractivity contribution < 1.29 is 0 Å². The molecule has 0 aliphatic rings. The summed E-state index contributed by atoms with van der Waals surface area (Å²) in [7, 11) is 0. The van der Waals surface area contributed by atoms with E-state index < -0.39 is 0 Å². The molecule has 0 unspecified atom stereocenters. The van der Waals surface area contributed by atoms with Crippen molar-refractivity contribution in [3.63, 3.8) is 0 Å². The molecule has 1 N–H and O–H groups in total. The highest BCUT2D eigenvalue weighted by molar-refractivity contribution is 7.71. The smallest absolute Gasteiger partial charge is 0.200 e. The number of thiophene rings is 1. The fraction of sp³-hybridized carbons (Fsp3) is 0. The standard InChI is InChI=1S/C7H4N4S2/c12-7-10-9-6-5-4(1-2-13-5)8-3-11(6)7/h1-3H,(H,10,12). The van der Waals surface area contributed by atoms with Crippen LogP contribution in [0.3, 0.4) is 0 Å². The molecule has 0 atom stereocenters. The lowest BCUT2D eigenvalue weighted by molar-refractivity contribution is 1.05. The van der Waals surface area contributed by atoms with Crippen LogP contribution in [-0.2, 0) is 0 Å². The highest BCUT2D eigenvalue weighted by Crippen LogP contribution is 2.21. The number of fused-ring (bicyclic) bond motifs is 3. The molecule has 0 aliphatic heterocycles. The third-order valence-electron chi connectivity index (χ3n) is 1.86. The molecule has 0 aliphatic carbocycles. The van der Waals surface area contributed by atoms with E-state index in [1.165, 1.54) is 0 Å². The number of aromatic amines is 1. The Kier molecular flexibility index (Phi) is 1.30. The molecule has 0 saturated carbocycles. The Morgan fingerprint density at radius 2 is 2.46 bits per heavy atom. The van der Waals surface area contributed by atoms with Crippen molar-refractivity contribution >= 4 is 39.4 Å². The first-order chi connectivity index (χ1) is 6.36. The van der Waals surface area contributed by atoms with Gasteiger partial charge in [-0.3, -0.25) is 9.50 Å². The first-order valence-electron chi connectivity index (χ1n) is 3.65. The molecule has 0 amide bonds. The molecule has 3 aromatic rings. The maximum Gasteiger partial charge on any atom is 0.200 e. The summed E-state index contributed by atoms with van der Waals surface area (Å²) in [5.41, 5.74) is 1.82. The van der Waals surface area contributed by atoms with Gasteiger partial charge in [-0.25, -0.2) is 4.98 Å². The molecule has 3 aromatic heterocycles. The van der Waals surface area contributed by atoms with Crippen LogP contribution in [0.5, 0.6) is 0 Å². The zero-order chi connectivity index (χ0) is 8.84. The van der Waals surface area contributed by atoms with Crippen molar-refractivity contribution in [1.29, 1.82) is 0 Å². The summed E-state index contributed by atoms with van der Waals surface area (Å²) in [5.74, 6) is 0. The summed E-state index contributed by atoms with van der Waals surface area (Å²) >= 11 is 6.65. The second-order valence-corrected chi connectivity index (χ2v) is 3.90. The Hall–Kier alpha value is -1.27. The monoisotopic (exact) mass is 208 g/mol. The molecule has 3 rings (SSSR count). The Labute approximate surface area is 81.9 Å². The molecule has 6 heteroatoms. The fourth-order valence-corrected chi connectivity index (χ4v) is 2.27. The fourth-order valence-electron chi connectivity index (χ4n) is 1.26. The number of H-pyrrole nitrogens is 1. The van der Waals surface area contributed by atoms with E-state index in [0.717, 1.165) is 15.9 Å². The summed E-state index contributed by atoms with van der Waals surface area (Å²) in [6.07, 6.45) is 1.69. The van der Waals surface area contributed by atoms with E-state index in [2.05, 4.69) is 15.2 Å². The Morgan fingerprint density at radius 3 is 3.38 bits per heavy atom. The summed E-state index contributed by atoms with van der Waals surface area (Å²) in [4.78, 5) is 4.25. The molecular formula is C7H4N4S2. The third-order valence-corrected chi connectivity index (χ3v) is 3.05. The van der Waals surface area contributed by atoms with Crippen molar-refractivity contribution in [2.24, 2.45) is 0 Å². The minimum Gasteiger partial charge on any atom is -0.257 e. The number of rotatable bonds is 0. The van der Waals surface area contributed by atoms with E-state index in [0.29, 0.717) is 4.77 Å². The van der Waals surface area contributed by atoms with E-state index in [-0.39, 0.29) is 0 Å². The number of hydrogen-bond donors (Lipinski definition) is 1. The average Bonchev–Trinajstić information content (AvgIpc) is 2.70. The van der Waals surface area contributed by atoms with Crippen LogP contribution in [-0.4, -0.2) is 19.6 Å². The number of nitrogens with zero attached hydrogens (tertiary/aromatic N) is 3. The quantitative estimate of drug-likeness (QED) is 0.575. The normalized spacial score (nSPS) is 11.4. The molecule has 0 saturated heterocycles. The summed E-state index contributed by atoms with van der Waals surface area (Å²) < 4.78 is 3.42. The van der Waals surface area contributed by atoms with Crippen LogP contribution in [0.25, 0.3) is 15.9 Å². The van der Waals surface area contributed by atoms with Crippen molar-refractivity contribution in [3.05, 3.63) is 22.5 Å². The van der Waals surface area contributed by atoms with Gasteiger partial charge in [0.2, 0.25) is 4.77 Å². The minimum atomic E-state index is 0.581. The average molecular weight is 208 g/mol. The van der Waals surface area contributed by atoms with E-state index in [4.69, 9.17) is 12.2 Å². The molecule has 13 heavy (non-hydrogen) atoms. The van der Waals surface area contributed by atoms with E-state index in [1.54, 1.807) is 22.1 Å². The van der Waals surface area contributed by atoms with Gasteiger partial charge in [-0.2, -0.15) is 5.10 Å². The summed E-state index contributed by atoms with van der Waals surface area (Å²) in [6, 6.07) is 1.97. The maximum atomic E-state index is 5.03. The second-order valence-electron chi connectivity index (χ2n) is 2.60. The van der Waals surface area contributed by atoms with Gasteiger partial charge in [0.05, 0.1) is 10.2 Å². The van der Waals surface area contributed by atoms with Gasteiger partial charge in [0.15, 0.2) is 5.65 Å². The maximum absolute atomic E-state index is 5.03. The van der Waals surface area contributed by atoms with E-state index in [1.807, 2.05) is 11.4 Å². The topological polar surface area (TPSA) is 46.0 Å². The molecule has 0 bridgehead atoms. The zero-order valence-electron chi connectivity index (χ0n) is 6.39. The number of hydrogen-bond acceptors (Lipinski definition) is 4. The van der Waals surface area contributed by atoms with Gasteiger partial charge in [-0.05, 0) is 23.7 Å². The van der Waals surface area contributed by atoms with Crippen LogP contribution in [0.1, 0.15) is 0 Å². The zero-order valence-corrected chi connectivity index (χ0v) is 8.02. The van der Waals surface area contributed by atoms with Gasteiger partial charge in [-0.1, -0.05) is 0 Å². The van der Waals surface area contributed by atoms with Crippen LogP contribution in [0.2, 0.25) is 0 Å². The molecular weight excluding hydrogens is 204 g/mol. The van der Waals surface area contributed by atoms with Gasteiger partial charge in [0, 0.05) is 0 Å². The van der Waals surface area contributed by atoms with Gasteiger partial charge in [-0.15, -0.1) is 11.3 Å². The first kappa shape index (κ1) is 7.16. The molecule has 0 aromatic carbocycles. The van der Waals surface area contributed by atoms with E-state index >= 15 is 0 Å². The molecule has 4 nitrogen and oxygen atoms in total. The van der Waals surface area contributed by atoms with E-state index in [9.17, 15) is 0 Å². The first-order valence-corrected chi connectivity index (χ1v) is 4.94. The van der Waals surface area contributed by atoms with Crippen LogP contribution < -0.4 is 0 Å². The van der Waals surface area contributed by atoms with Gasteiger partial charge in [0.25, 0.3) is 0 Å². The van der Waals surface area contributed by atoms with Gasteiger partial charge >= 0.3 is 0 Å². The van der Waals surface area contributed by atoms with Crippen LogP contribution in [0, 0.1) is 4.77 Å². The van der Waals surface area contributed by atoms with Gasteiger partial charge in [0.1, 0.15) is 6.33 Å². The molecule has 0 spiro atoms. The Balaban J connectivity index is 2.74. The van der Waals surface area contributed by atoms with Crippen molar-refractivity contribution in [1.82, 2.24) is 19.6 Å². The lowest BCUT2D eigenvalue weighted by Crippen LogP contribution is -1.86. The Morgan fingerprint density at radius 1 is 1.54 bits per heavy atom. The van der Waals surface area contributed by atoms with Gasteiger partial charge < -0.3 is 0 Å². The van der Waals surface area contributed by atoms with Crippen molar-refractivity contribution in [2.75, 3.05) is 0 Å². The van der Waals surface area contributed by atoms with Crippen LogP contribution in [0.15, 0.2) is 17.8 Å². The van der Waals surface area contributed by atoms with Crippen molar-refractivity contribution in [2.45, 2.75) is 0 Å². The SMILES string of the molecule is S=c1[nH]nc2c3sccc3ncn12. The van der Waals surface area contributed by atoms with Crippen molar-refractivity contribution in [3.8, 4) is 0 Å². The van der Waals surface area contributed by atoms with Crippen LogP contribution >= 0.6 is 23.6 Å². The highest BCUT2D eigenvalue weighted by atomic mass is 32.1. The third kappa shape index (κ3) is 0.866. The number of nitrogens with one attached hydrogen (secondary N) is 1.